The molecule has 0 aliphatic rings. The molecule has 0 bridgehead atoms. The van der Waals surface area contributed by atoms with Gasteiger partial charge >= 0.3 is 6.09 Å². The summed E-state index contributed by atoms with van der Waals surface area (Å²) in [7, 11) is 0. The lowest BCUT2D eigenvalue weighted by Gasteiger charge is -2.27. The van der Waals surface area contributed by atoms with Crippen LogP contribution >= 0.6 is 11.3 Å². The van der Waals surface area contributed by atoms with Gasteiger partial charge in [-0.2, -0.15) is 0 Å². The topological polar surface area (TPSA) is 81.4 Å². The number of carbonyl (C=O) groups is 2. The third-order valence-corrected chi connectivity index (χ3v) is 5.45. The van der Waals surface area contributed by atoms with Crippen molar-refractivity contribution < 1.29 is 14.3 Å². The second-order valence-corrected chi connectivity index (χ2v) is 7.49. The van der Waals surface area contributed by atoms with Crippen LogP contribution in [0.1, 0.15) is 18.1 Å². The van der Waals surface area contributed by atoms with Gasteiger partial charge in [-0.1, -0.05) is 48.5 Å². The quantitative estimate of drug-likeness (QED) is 0.654. The molecule has 0 aliphatic carbocycles. The summed E-state index contributed by atoms with van der Waals surface area (Å²) in [6.07, 6.45) is -0.00665. The van der Waals surface area contributed by atoms with E-state index in [1.165, 1.54) is 0 Å². The molecule has 2 aromatic carbocycles. The van der Waals surface area contributed by atoms with E-state index in [1.54, 1.807) is 18.3 Å². The molecule has 1 atom stereocenters. The number of benzene rings is 2. The molecule has 0 aliphatic heterocycles. The molecule has 3 rings (SSSR count). The predicted octanol–water partition coefficient (Wildman–Crippen LogP) is 3.66. The predicted molar refractivity (Wildman–Crippen MR) is 108 cm³/mol. The zero-order valence-corrected chi connectivity index (χ0v) is 15.9. The molecular formula is C21H22N2O3S. The van der Waals surface area contributed by atoms with Crippen LogP contribution in [0, 0.1) is 0 Å². The average Bonchev–Trinajstić information content (AvgIpc) is 3.04. The van der Waals surface area contributed by atoms with Crippen molar-refractivity contribution in [1.82, 2.24) is 5.32 Å². The Hall–Kier alpha value is -2.86. The second-order valence-electron chi connectivity index (χ2n) is 6.58. The normalized spacial score (nSPS) is 13.1. The highest BCUT2D eigenvalue weighted by Gasteiger charge is 2.37. The van der Waals surface area contributed by atoms with Crippen LogP contribution in [-0.4, -0.2) is 24.1 Å². The number of hydrogen-bond acceptors (Lipinski definition) is 4. The molecule has 1 aromatic heterocycles. The molecule has 3 N–H and O–H groups in total. The summed E-state index contributed by atoms with van der Waals surface area (Å²) in [6, 6.07) is 17.8. The molecule has 0 saturated heterocycles. The minimum Gasteiger partial charge on any atom is -0.433 e. The van der Waals surface area contributed by atoms with E-state index in [0.29, 0.717) is 13.0 Å². The molecule has 0 radical (unpaired) electrons. The molecule has 1 heterocycles. The monoisotopic (exact) mass is 382 g/mol. The van der Waals surface area contributed by atoms with E-state index < -0.39 is 11.7 Å². The summed E-state index contributed by atoms with van der Waals surface area (Å²) in [6.45, 7) is 2.05. The van der Waals surface area contributed by atoms with E-state index in [4.69, 9.17) is 10.5 Å². The van der Waals surface area contributed by atoms with Crippen molar-refractivity contribution in [2.75, 3.05) is 6.54 Å². The fourth-order valence-corrected chi connectivity index (χ4v) is 4.03. The summed E-state index contributed by atoms with van der Waals surface area (Å²) in [5.74, 6) is -0.354. The molecule has 27 heavy (non-hydrogen) atoms. The summed E-state index contributed by atoms with van der Waals surface area (Å²) in [5, 5.41) is 5.91. The number of nitrogens with two attached hydrogens (primary N) is 1. The molecule has 140 valence electrons. The van der Waals surface area contributed by atoms with E-state index in [0.717, 1.165) is 21.2 Å². The number of ether oxygens (including phenoxy) is 1. The van der Waals surface area contributed by atoms with E-state index in [2.05, 4.69) is 5.32 Å². The van der Waals surface area contributed by atoms with Crippen LogP contribution in [-0.2, 0) is 22.4 Å². The number of amides is 2. The summed E-state index contributed by atoms with van der Waals surface area (Å²) in [4.78, 5) is 24.2. The highest BCUT2D eigenvalue weighted by atomic mass is 32.1. The van der Waals surface area contributed by atoms with Crippen LogP contribution in [0.3, 0.4) is 0 Å². The zero-order chi connectivity index (χ0) is 19.3. The van der Waals surface area contributed by atoms with Crippen LogP contribution < -0.4 is 11.1 Å². The molecule has 0 saturated carbocycles. The van der Waals surface area contributed by atoms with Crippen molar-refractivity contribution in [1.29, 1.82) is 0 Å². The van der Waals surface area contributed by atoms with Gasteiger partial charge in [-0.25, -0.2) is 4.79 Å². The number of thiophene rings is 1. The lowest BCUT2D eigenvalue weighted by molar-refractivity contribution is -0.138. The van der Waals surface area contributed by atoms with Crippen molar-refractivity contribution in [3.63, 3.8) is 0 Å². The molecular weight excluding hydrogens is 360 g/mol. The maximum Gasteiger partial charge on any atom is 0.405 e. The summed E-state index contributed by atoms with van der Waals surface area (Å²) < 4.78 is 6.38. The van der Waals surface area contributed by atoms with Crippen molar-refractivity contribution in [2.24, 2.45) is 5.73 Å². The smallest absolute Gasteiger partial charge is 0.405 e. The Balaban J connectivity index is 1.73. The highest BCUT2D eigenvalue weighted by Crippen LogP contribution is 2.30. The van der Waals surface area contributed by atoms with Gasteiger partial charge in [0.25, 0.3) is 5.91 Å². The number of nitrogens with one attached hydrogen (secondary N) is 1. The highest BCUT2D eigenvalue weighted by molar-refractivity contribution is 7.17. The maximum absolute atomic E-state index is 12.8. The van der Waals surface area contributed by atoms with Crippen LogP contribution in [0.25, 0.3) is 10.1 Å². The van der Waals surface area contributed by atoms with Gasteiger partial charge in [-0.05, 0) is 41.3 Å². The van der Waals surface area contributed by atoms with Crippen molar-refractivity contribution in [3.8, 4) is 0 Å². The van der Waals surface area contributed by atoms with Crippen LogP contribution in [0.2, 0.25) is 0 Å². The van der Waals surface area contributed by atoms with Gasteiger partial charge in [-0.3, -0.25) is 4.79 Å². The Kier molecular flexibility index (Phi) is 5.76. The van der Waals surface area contributed by atoms with Gasteiger partial charge in [0.2, 0.25) is 0 Å². The molecule has 2 amide bonds. The minimum atomic E-state index is -1.37. The van der Waals surface area contributed by atoms with Crippen LogP contribution in [0.5, 0.6) is 0 Å². The zero-order valence-electron chi connectivity index (χ0n) is 15.1. The SMILES string of the molecule is CC(Cc1csc2ccccc12)(OC(N)=O)C(=O)NCCc1ccccc1. The third-order valence-electron chi connectivity index (χ3n) is 4.44. The summed E-state index contributed by atoms with van der Waals surface area (Å²) in [5.41, 5.74) is 5.95. The fraction of sp³-hybridized carbons (Fsp3) is 0.238. The van der Waals surface area contributed by atoms with Gasteiger partial charge < -0.3 is 15.8 Å². The molecule has 1 unspecified atom stereocenters. The summed E-state index contributed by atoms with van der Waals surface area (Å²) >= 11 is 1.60. The van der Waals surface area contributed by atoms with Gasteiger partial charge in [0.15, 0.2) is 5.60 Å². The van der Waals surface area contributed by atoms with Crippen molar-refractivity contribution >= 4 is 33.4 Å². The average molecular weight is 382 g/mol. The first kappa shape index (κ1) is 18.9. The van der Waals surface area contributed by atoms with E-state index >= 15 is 0 Å². The van der Waals surface area contributed by atoms with E-state index in [-0.39, 0.29) is 12.3 Å². The Morgan fingerprint density at radius 3 is 2.56 bits per heavy atom. The van der Waals surface area contributed by atoms with Gasteiger partial charge in [0.05, 0.1) is 0 Å². The van der Waals surface area contributed by atoms with E-state index in [1.807, 2.05) is 60.0 Å². The number of carbonyl (C=O) groups excluding carboxylic acids is 2. The first-order valence-corrected chi connectivity index (χ1v) is 9.62. The largest absolute Gasteiger partial charge is 0.433 e. The minimum absolute atomic E-state index is 0.261. The molecule has 0 spiro atoms. The standard InChI is InChI=1S/C21H22N2O3S/c1-21(26-20(22)25,13-16-14-27-18-10-6-5-9-17(16)18)19(24)23-12-11-15-7-3-2-4-8-15/h2-10,14H,11-13H2,1H3,(H2,22,25)(H,23,24). The maximum atomic E-state index is 12.8. The second kappa shape index (κ2) is 8.22. The van der Waals surface area contributed by atoms with Crippen molar-refractivity contribution in [2.45, 2.75) is 25.4 Å². The van der Waals surface area contributed by atoms with Crippen molar-refractivity contribution in [3.05, 3.63) is 71.1 Å². The molecule has 3 aromatic rings. The molecule has 6 heteroatoms. The lowest BCUT2D eigenvalue weighted by Crippen LogP contribution is -2.50. The van der Waals surface area contributed by atoms with E-state index in [9.17, 15) is 9.59 Å². The first-order valence-electron chi connectivity index (χ1n) is 8.74. The number of hydrogen-bond donors (Lipinski definition) is 2. The van der Waals surface area contributed by atoms with Gasteiger partial charge in [0.1, 0.15) is 0 Å². The van der Waals surface area contributed by atoms with Crippen LogP contribution in [0.4, 0.5) is 4.79 Å². The Labute approximate surface area is 162 Å². The molecule has 0 fully saturated rings. The lowest BCUT2D eigenvalue weighted by atomic mass is 9.94. The van der Waals surface area contributed by atoms with Crippen LogP contribution in [0.15, 0.2) is 60.0 Å². The Bertz CT molecular complexity index is 939. The third kappa shape index (κ3) is 4.65. The Morgan fingerprint density at radius 1 is 1.11 bits per heavy atom. The molecule has 5 nitrogen and oxygen atoms in total. The first-order chi connectivity index (χ1) is 13.0. The number of fused-ring (bicyclic) bond motifs is 1. The number of rotatable bonds is 7. The number of primary amides is 1. The van der Waals surface area contributed by atoms with Gasteiger partial charge in [0, 0.05) is 17.7 Å². The fourth-order valence-electron chi connectivity index (χ4n) is 3.07. The van der Waals surface area contributed by atoms with Gasteiger partial charge in [-0.15, -0.1) is 11.3 Å². The Morgan fingerprint density at radius 2 is 1.81 bits per heavy atom.